The average molecular weight is 346 g/mol. The zero-order valence-corrected chi connectivity index (χ0v) is 14.1. The van der Waals surface area contributed by atoms with E-state index in [1.165, 1.54) is 6.92 Å². The third-order valence-electron chi connectivity index (χ3n) is 3.70. The van der Waals surface area contributed by atoms with Crippen LogP contribution in [0.5, 0.6) is 11.5 Å². The number of hydrogen-bond donors (Lipinski definition) is 1. The molecule has 0 fully saturated rings. The Hall–Kier alpha value is -3.03. The lowest BCUT2D eigenvalue weighted by Gasteiger charge is -2.19. The Bertz CT molecular complexity index is 794. The van der Waals surface area contributed by atoms with Crippen LogP contribution in [0, 0.1) is 13.8 Å². The number of benzene rings is 1. The molecule has 8 nitrogen and oxygen atoms in total. The number of ether oxygens (including phenoxy) is 3. The molecule has 1 unspecified atom stereocenters. The van der Waals surface area contributed by atoms with Gasteiger partial charge in [-0.05, 0) is 32.9 Å². The zero-order chi connectivity index (χ0) is 18.0. The molecule has 1 aliphatic rings. The molecule has 1 amide bonds. The van der Waals surface area contributed by atoms with Crippen LogP contribution in [-0.4, -0.2) is 36.4 Å². The first-order chi connectivity index (χ1) is 12.0. The first-order valence-corrected chi connectivity index (χ1v) is 7.80. The molecule has 0 spiro atoms. The summed E-state index contributed by atoms with van der Waals surface area (Å²) in [4.78, 5) is 24.4. The summed E-state index contributed by atoms with van der Waals surface area (Å²) in [5.74, 6) is 0.423. The first-order valence-electron chi connectivity index (χ1n) is 7.80. The highest BCUT2D eigenvalue weighted by molar-refractivity contribution is 5.98. The van der Waals surface area contributed by atoms with E-state index in [0.717, 1.165) is 0 Å². The summed E-state index contributed by atoms with van der Waals surface area (Å²) in [7, 11) is 0. The van der Waals surface area contributed by atoms with E-state index in [2.05, 4.69) is 10.5 Å². The van der Waals surface area contributed by atoms with Crippen molar-refractivity contribution in [1.82, 2.24) is 5.16 Å². The Kier molecular flexibility index (Phi) is 4.60. The molecule has 1 atom stereocenters. The number of amides is 1. The van der Waals surface area contributed by atoms with Crippen molar-refractivity contribution in [2.75, 3.05) is 18.5 Å². The van der Waals surface area contributed by atoms with Gasteiger partial charge in [0.05, 0.1) is 5.69 Å². The highest BCUT2D eigenvalue weighted by atomic mass is 16.6. The number of anilines is 1. The zero-order valence-electron chi connectivity index (χ0n) is 14.1. The van der Waals surface area contributed by atoms with E-state index in [4.69, 9.17) is 18.7 Å². The van der Waals surface area contributed by atoms with E-state index in [1.54, 1.807) is 32.0 Å². The van der Waals surface area contributed by atoms with Crippen molar-refractivity contribution in [2.45, 2.75) is 26.9 Å². The van der Waals surface area contributed by atoms with E-state index in [-0.39, 0.29) is 5.56 Å². The Morgan fingerprint density at radius 1 is 1.20 bits per heavy atom. The molecule has 8 heteroatoms. The number of aryl methyl sites for hydroxylation is 2. The lowest BCUT2D eigenvalue weighted by molar-refractivity contribution is -0.123. The van der Waals surface area contributed by atoms with Crippen LogP contribution in [-0.2, 0) is 9.53 Å². The van der Waals surface area contributed by atoms with Crippen molar-refractivity contribution in [1.29, 1.82) is 0 Å². The number of fused-ring (bicyclic) bond motifs is 1. The molecule has 2 aromatic rings. The number of hydrogen-bond acceptors (Lipinski definition) is 7. The molecule has 3 rings (SSSR count). The number of rotatable bonds is 4. The number of nitrogens with one attached hydrogen (secondary N) is 1. The minimum Gasteiger partial charge on any atom is -0.486 e. The maximum Gasteiger partial charge on any atom is 0.344 e. The predicted octanol–water partition coefficient (Wildman–Crippen LogP) is 2.25. The molecule has 1 aromatic heterocycles. The molecule has 0 radical (unpaired) electrons. The summed E-state index contributed by atoms with van der Waals surface area (Å²) in [6.07, 6.45) is -0.991. The third kappa shape index (κ3) is 3.57. The number of aromatic nitrogens is 1. The normalized spacial score (nSPS) is 13.9. The second kappa shape index (κ2) is 6.84. The van der Waals surface area contributed by atoms with Gasteiger partial charge < -0.3 is 24.1 Å². The summed E-state index contributed by atoms with van der Waals surface area (Å²) in [5.41, 5.74) is 1.18. The number of carbonyl (C=O) groups excluding carboxylic acids is 2. The lowest BCUT2D eigenvalue weighted by atomic mass is 10.2. The van der Waals surface area contributed by atoms with E-state index >= 15 is 0 Å². The maximum absolute atomic E-state index is 12.3. The summed E-state index contributed by atoms with van der Waals surface area (Å²) >= 11 is 0. The molecule has 1 aromatic carbocycles. The Morgan fingerprint density at radius 2 is 1.92 bits per heavy atom. The minimum absolute atomic E-state index is 0.235. The average Bonchev–Trinajstić information content (AvgIpc) is 2.93. The van der Waals surface area contributed by atoms with Crippen LogP contribution in [0.2, 0.25) is 0 Å². The predicted molar refractivity (Wildman–Crippen MR) is 86.9 cm³/mol. The monoisotopic (exact) mass is 346 g/mol. The fourth-order valence-corrected chi connectivity index (χ4v) is 2.41. The highest BCUT2D eigenvalue weighted by Gasteiger charge is 2.24. The van der Waals surface area contributed by atoms with Crippen LogP contribution >= 0.6 is 0 Å². The number of esters is 1. The minimum atomic E-state index is -0.991. The van der Waals surface area contributed by atoms with Crippen molar-refractivity contribution in [3.8, 4) is 11.5 Å². The summed E-state index contributed by atoms with van der Waals surface area (Å²) in [5, 5.41) is 6.38. The molecule has 0 bridgehead atoms. The second-order valence-corrected chi connectivity index (χ2v) is 5.59. The Balaban J connectivity index is 1.64. The SMILES string of the molecule is Cc1noc(C)c1C(=O)OC(C)C(=O)Nc1ccc2c(c1)OCCO2. The maximum atomic E-state index is 12.3. The van der Waals surface area contributed by atoms with E-state index < -0.39 is 18.0 Å². The van der Waals surface area contributed by atoms with Gasteiger partial charge in [0, 0.05) is 11.8 Å². The van der Waals surface area contributed by atoms with Gasteiger partial charge in [-0.1, -0.05) is 5.16 Å². The molecular weight excluding hydrogens is 328 g/mol. The quantitative estimate of drug-likeness (QED) is 0.847. The molecule has 132 valence electrons. The molecule has 0 aliphatic carbocycles. The molecular formula is C17H18N2O6. The number of carbonyl (C=O) groups is 2. The summed E-state index contributed by atoms with van der Waals surface area (Å²) in [6, 6.07) is 5.06. The number of nitrogens with zero attached hydrogens (tertiary/aromatic N) is 1. The summed E-state index contributed by atoms with van der Waals surface area (Å²) in [6.45, 7) is 5.68. The highest BCUT2D eigenvalue weighted by Crippen LogP contribution is 2.32. The van der Waals surface area contributed by atoms with Crippen molar-refractivity contribution >= 4 is 17.6 Å². The lowest BCUT2D eigenvalue weighted by Crippen LogP contribution is -2.30. The van der Waals surface area contributed by atoms with Crippen LogP contribution in [0.15, 0.2) is 22.7 Å². The van der Waals surface area contributed by atoms with Gasteiger partial charge in [-0.15, -0.1) is 0 Å². The van der Waals surface area contributed by atoms with Crippen LogP contribution < -0.4 is 14.8 Å². The van der Waals surface area contributed by atoms with Gasteiger partial charge >= 0.3 is 5.97 Å². The van der Waals surface area contributed by atoms with Crippen molar-refractivity contribution in [2.24, 2.45) is 0 Å². The Morgan fingerprint density at radius 3 is 2.60 bits per heavy atom. The first kappa shape index (κ1) is 16.8. The smallest absolute Gasteiger partial charge is 0.344 e. The standard InChI is InChI=1S/C17H18N2O6/c1-9-15(10(2)25-19-9)17(21)24-11(3)16(20)18-12-4-5-13-14(8-12)23-7-6-22-13/h4-5,8,11H,6-7H2,1-3H3,(H,18,20). The van der Waals surface area contributed by atoms with Gasteiger partial charge in [0.15, 0.2) is 17.6 Å². The van der Waals surface area contributed by atoms with Crippen LogP contribution in [0.1, 0.15) is 28.7 Å². The van der Waals surface area contributed by atoms with Crippen LogP contribution in [0.4, 0.5) is 5.69 Å². The van der Waals surface area contributed by atoms with Crippen molar-refractivity contribution in [3.05, 3.63) is 35.2 Å². The molecule has 25 heavy (non-hydrogen) atoms. The van der Waals surface area contributed by atoms with Gasteiger partial charge in [0.25, 0.3) is 5.91 Å². The van der Waals surface area contributed by atoms with Crippen LogP contribution in [0.25, 0.3) is 0 Å². The van der Waals surface area contributed by atoms with Gasteiger partial charge in [-0.25, -0.2) is 4.79 Å². The second-order valence-electron chi connectivity index (χ2n) is 5.59. The van der Waals surface area contributed by atoms with Gasteiger partial charge in [0.2, 0.25) is 0 Å². The molecule has 0 saturated carbocycles. The fraction of sp³-hybridized carbons (Fsp3) is 0.353. The summed E-state index contributed by atoms with van der Waals surface area (Å²) < 4.78 is 21.0. The van der Waals surface area contributed by atoms with E-state index in [9.17, 15) is 9.59 Å². The van der Waals surface area contributed by atoms with E-state index in [0.29, 0.717) is 41.9 Å². The van der Waals surface area contributed by atoms with Gasteiger partial charge in [0.1, 0.15) is 24.5 Å². The molecule has 2 heterocycles. The molecule has 0 saturated heterocycles. The molecule has 1 N–H and O–H groups in total. The Labute approximate surface area is 144 Å². The third-order valence-corrected chi connectivity index (χ3v) is 3.70. The van der Waals surface area contributed by atoms with Crippen LogP contribution in [0.3, 0.4) is 0 Å². The fourth-order valence-electron chi connectivity index (χ4n) is 2.41. The van der Waals surface area contributed by atoms with Gasteiger partial charge in [-0.2, -0.15) is 0 Å². The van der Waals surface area contributed by atoms with Gasteiger partial charge in [-0.3, -0.25) is 4.79 Å². The molecule has 1 aliphatic heterocycles. The van der Waals surface area contributed by atoms with Crippen molar-refractivity contribution in [3.63, 3.8) is 0 Å². The largest absolute Gasteiger partial charge is 0.486 e. The van der Waals surface area contributed by atoms with Crippen molar-refractivity contribution < 1.29 is 28.3 Å². The van der Waals surface area contributed by atoms with E-state index in [1.807, 2.05) is 0 Å². The topological polar surface area (TPSA) is 99.9 Å².